The molecule has 3 heterocycles. The van der Waals surface area contributed by atoms with Crippen LogP contribution in [0.2, 0.25) is 0 Å². The first-order valence-corrected chi connectivity index (χ1v) is 18.6. The van der Waals surface area contributed by atoms with Crippen molar-refractivity contribution in [2.24, 2.45) is 0 Å². The monoisotopic (exact) mass is 706 g/mol. The van der Waals surface area contributed by atoms with E-state index < -0.39 is 0 Å². The zero-order valence-corrected chi connectivity index (χ0v) is 29.9. The Hall–Kier alpha value is -7.24. The van der Waals surface area contributed by atoms with Gasteiger partial charge < -0.3 is 4.42 Å². The van der Waals surface area contributed by atoms with Gasteiger partial charge in [0, 0.05) is 38.6 Å². The van der Waals surface area contributed by atoms with E-state index in [-0.39, 0.29) is 0 Å². The van der Waals surface area contributed by atoms with E-state index in [1.807, 2.05) is 78.9 Å². The summed E-state index contributed by atoms with van der Waals surface area (Å²) in [7, 11) is 0. The van der Waals surface area contributed by atoms with E-state index in [1.54, 1.807) is 0 Å². The topological polar surface area (TPSA) is 64.7 Å². The highest BCUT2D eigenvalue weighted by Gasteiger charge is 2.21. The second-order valence-corrected chi connectivity index (χ2v) is 13.7. The van der Waals surface area contributed by atoms with Gasteiger partial charge >= 0.3 is 0 Å². The van der Waals surface area contributed by atoms with Gasteiger partial charge in [-0.25, -0.2) is 19.9 Å². The Morgan fingerprint density at radius 1 is 0.345 bits per heavy atom. The molecular weight excluding hydrogens is 673 g/mol. The Morgan fingerprint density at radius 2 is 0.782 bits per heavy atom. The summed E-state index contributed by atoms with van der Waals surface area (Å²) >= 11 is 0. The summed E-state index contributed by atoms with van der Waals surface area (Å²) in [6.07, 6.45) is 6.31. The van der Waals surface area contributed by atoms with Gasteiger partial charge in [0.05, 0.1) is 17.0 Å². The number of rotatable bonds is 7. The summed E-state index contributed by atoms with van der Waals surface area (Å²) in [5.41, 5.74) is 13.3. The molecule has 260 valence electrons. The van der Waals surface area contributed by atoms with Crippen LogP contribution in [0.3, 0.4) is 0 Å². The predicted molar refractivity (Wildman–Crippen MR) is 224 cm³/mol. The third kappa shape index (κ3) is 6.22. The number of para-hydroxylation sites is 2. The van der Waals surface area contributed by atoms with Crippen LogP contribution in [0.25, 0.3) is 89.8 Å². The van der Waals surface area contributed by atoms with Crippen molar-refractivity contribution in [3.63, 3.8) is 0 Å². The van der Waals surface area contributed by atoms with Crippen molar-refractivity contribution in [3.05, 3.63) is 193 Å². The van der Waals surface area contributed by atoms with Gasteiger partial charge in [-0.2, -0.15) is 0 Å². The standard InChI is InChI=1S/C50H34N4O/c1-5-15-35(16-6-1)44-31-39(32-45(51-44)36-17-7-2-8-18-36)33-27-29-34(30-28-33)40-23-13-24-41-42-25-14-26-43(47(42)55-46(40)41)50-53-48(37-19-9-3-10-20-37)52-49(54-50)38-21-11-4-12-22-38/h1-27,29,31-32H,28,30H2. The fourth-order valence-electron chi connectivity index (χ4n) is 7.51. The number of benzene rings is 6. The second-order valence-electron chi connectivity index (χ2n) is 13.7. The van der Waals surface area contributed by atoms with Crippen LogP contribution >= 0.6 is 0 Å². The maximum atomic E-state index is 6.88. The average molecular weight is 707 g/mol. The summed E-state index contributed by atoms with van der Waals surface area (Å²) in [6.45, 7) is 0. The van der Waals surface area contributed by atoms with Crippen molar-refractivity contribution >= 4 is 33.1 Å². The van der Waals surface area contributed by atoms with Gasteiger partial charge in [0.2, 0.25) is 0 Å². The molecule has 5 heteroatoms. The molecule has 0 fully saturated rings. The molecule has 9 aromatic rings. The Kier molecular flexibility index (Phi) is 8.23. The summed E-state index contributed by atoms with van der Waals surface area (Å²) in [4.78, 5) is 20.0. The molecule has 0 bridgehead atoms. The molecule has 0 N–H and O–H groups in total. The molecule has 3 aromatic heterocycles. The average Bonchev–Trinajstić information content (AvgIpc) is 3.67. The summed E-state index contributed by atoms with van der Waals surface area (Å²) in [5.74, 6) is 1.81. The molecule has 5 nitrogen and oxygen atoms in total. The van der Waals surface area contributed by atoms with Gasteiger partial charge in [0.25, 0.3) is 0 Å². The quantitative estimate of drug-likeness (QED) is 0.165. The van der Waals surface area contributed by atoms with Gasteiger partial charge in [-0.3, -0.25) is 0 Å². The van der Waals surface area contributed by atoms with Crippen LogP contribution in [0.4, 0.5) is 0 Å². The highest BCUT2D eigenvalue weighted by molar-refractivity contribution is 6.11. The highest BCUT2D eigenvalue weighted by Crippen LogP contribution is 2.41. The molecule has 0 atom stereocenters. The fraction of sp³-hybridized carbons (Fsp3) is 0.0400. The van der Waals surface area contributed by atoms with E-state index in [2.05, 4.69) is 103 Å². The van der Waals surface area contributed by atoms with E-state index in [4.69, 9.17) is 24.4 Å². The van der Waals surface area contributed by atoms with Gasteiger partial charge in [0.15, 0.2) is 17.5 Å². The first-order chi connectivity index (χ1) is 27.2. The van der Waals surface area contributed by atoms with Crippen molar-refractivity contribution in [2.45, 2.75) is 12.8 Å². The number of hydrogen-bond donors (Lipinski definition) is 0. The Labute approximate surface area is 319 Å². The number of allylic oxidation sites excluding steroid dienone is 4. The maximum Gasteiger partial charge on any atom is 0.167 e. The molecule has 10 rings (SSSR count). The van der Waals surface area contributed by atoms with Crippen molar-refractivity contribution in [3.8, 4) is 56.7 Å². The lowest BCUT2D eigenvalue weighted by atomic mass is 9.88. The van der Waals surface area contributed by atoms with Crippen LogP contribution in [0.15, 0.2) is 186 Å². The van der Waals surface area contributed by atoms with Gasteiger partial charge in [-0.15, -0.1) is 0 Å². The molecular formula is C50H34N4O. The predicted octanol–water partition coefficient (Wildman–Crippen LogP) is 12.8. The molecule has 0 spiro atoms. The van der Waals surface area contributed by atoms with Crippen LogP contribution in [0.5, 0.6) is 0 Å². The van der Waals surface area contributed by atoms with Gasteiger partial charge in [0.1, 0.15) is 11.2 Å². The molecule has 0 radical (unpaired) electrons. The minimum absolute atomic E-state index is 0.575. The molecule has 0 saturated heterocycles. The van der Waals surface area contributed by atoms with E-state index in [0.29, 0.717) is 17.5 Å². The van der Waals surface area contributed by atoms with Crippen LogP contribution < -0.4 is 0 Å². The lowest BCUT2D eigenvalue weighted by Gasteiger charge is -2.17. The first kappa shape index (κ1) is 32.4. The van der Waals surface area contributed by atoms with E-state index in [1.165, 1.54) is 16.7 Å². The van der Waals surface area contributed by atoms with Crippen LogP contribution in [0, 0.1) is 0 Å². The number of fused-ring (bicyclic) bond motifs is 3. The molecule has 0 amide bonds. The van der Waals surface area contributed by atoms with Gasteiger partial charge in [-0.1, -0.05) is 164 Å². The van der Waals surface area contributed by atoms with Crippen LogP contribution in [-0.2, 0) is 0 Å². The molecule has 0 unspecified atom stereocenters. The SMILES string of the molecule is C1=C(c2cc(-c3ccccc3)nc(-c3ccccc3)c2)CCC(c2cccc3c2oc2c(-c4nc(-c5ccccc5)nc(-c5ccccc5)n4)cccc23)=C1. The zero-order chi connectivity index (χ0) is 36.6. The summed E-state index contributed by atoms with van der Waals surface area (Å²) in [5, 5.41) is 2.10. The van der Waals surface area contributed by atoms with Crippen molar-refractivity contribution in [1.29, 1.82) is 0 Å². The summed E-state index contributed by atoms with van der Waals surface area (Å²) < 4.78 is 6.88. The van der Waals surface area contributed by atoms with Crippen LogP contribution in [0.1, 0.15) is 24.0 Å². The molecule has 0 aliphatic heterocycles. The fourth-order valence-corrected chi connectivity index (χ4v) is 7.51. The van der Waals surface area contributed by atoms with Crippen LogP contribution in [-0.4, -0.2) is 19.9 Å². The van der Waals surface area contributed by atoms with Crippen molar-refractivity contribution in [2.75, 3.05) is 0 Å². The number of hydrogen-bond acceptors (Lipinski definition) is 5. The smallest absolute Gasteiger partial charge is 0.167 e. The van der Waals surface area contributed by atoms with Gasteiger partial charge in [-0.05, 0) is 47.8 Å². The molecule has 1 aliphatic rings. The van der Waals surface area contributed by atoms with E-state index >= 15 is 0 Å². The third-order valence-electron chi connectivity index (χ3n) is 10.3. The minimum Gasteiger partial charge on any atom is -0.455 e. The molecule has 6 aromatic carbocycles. The number of nitrogens with zero attached hydrogens (tertiary/aromatic N) is 4. The highest BCUT2D eigenvalue weighted by atomic mass is 16.3. The molecule has 0 saturated carbocycles. The van der Waals surface area contributed by atoms with E-state index in [9.17, 15) is 0 Å². The van der Waals surface area contributed by atoms with E-state index in [0.717, 1.165) is 79.5 Å². The largest absolute Gasteiger partial charge is 0.455 e. The van der Waals surface area contributed by atoms with Crippen molar-refractivity contribution < 1.29 is 4.42 Å². The maximum absolute atomic E-state index is 6.88. The Morgan fingerprint density at radius 3 is 1.29 bits per heavy atom. The first-order valence-electron chi connectivity index (χ1n) is 18.6. The number of furan rings is 1. The number of pyridine rings is 1. The summed E-state index contributed by atoms with van der Waals surface area (Å²) in [6, 6.07) is 58.1. The lowest BCUT2D eigenvalue weighted by Crippen LogP contribution is -2.00. The minimum atomic E-state index is 0.575. The Balaban J connectivity index is 1.06. The second kappa shape index (κ2) is 14.0. The molecule has 55 heavy (non-hydrogen) atoms. The lowest BCUT2D eigenvalue weighted by molar-refractivity contribution is 0.668. The van der Waals surface area contributed by atoms with Crippen molar-refractivity contribution in [1.82, 2.24) is 19.9 Å². The number of aromatic nitrogens is 4. The molecule has 1 aliphatic carbocycles. The Bertz CT molecular complexity index is 2780. The third-order valence-corrected chi connectivity index (χ3v) is 10.3. The zero-order valence-electron chi connectivity index (χ0n) is 29.9. The normalized spacial score (nSPS) is 12.8.